The Morgan fingerprint density at radius 3 is 2.34 bits per heavy atom. The van der Waals surface area contributed by atoms with Crippen LogP contribution in [-0.2, 0) is 6.18 Å². The molecule has 0 spiro atoms. The molecule has 2 aromatic carbocycles. The van der Waals surface area contributed by atoms with Crippen LogP contribution in [0.25, 0.3) is 0 Å². The van der Waals surface area contributed by atoms with Crippen molar-refractivity contribution < 1.29 is 17.9 Å². The number of anilines is 4. The first-order valence-corrected chi connectivity index (χ1v) is 11.2. The number of benzene rings is 2. The van der Waals surface area contributed by atoms with Gasteiger partial charge in [-0.1, -0.05) is 18.6 Å². The van der Waals surface area contributed by atoms with Crippen LogP contribution < -0.4 is 15.4 Å². The van der Waals surface area contributed by atoms with Gasteiger partial charge in [0.2, 0.25) is 5.95 Å². The maximum atomic E-state index is 13.5. The molecule has 0 amide bonds. The van der Waals surface area contributed by atoms with Gasteiger partial charge in [0.05, 0.1) is 11.8 Å². The molecule has 9 heteroatoms. The van der Waals surface area contributed by atoms with E-state index in [4.69, 9.17) is 4.74 Å². The number of hydrogen-bond donors (Lipinski definition) is 2. The summed E-state index contributed by atoms with van der Waals surface area (Å²) in [7, 11) is 0. The van der Waals surface area contributed by atoms with Gasteiger partial charge < -0.3 is 15.4 Å². The van der Waals surface area contributed by atoms with Gasteiger partial charge in [0.15, 0.2) is 0 Å². The molecule has 0 saturated heterocycles. The zero-order chi connectivity index (χ0) is 22.6. The van der Waals surface area contributed by atoms with E-state index >= 15 is 0 Å². The monoisotopic (exact) mass is 506 g/mol. The van der Waals surface area contributed by atoms with Crippen molar-refractivity contribution in [1.29, 1.82) is 0 Å². The molecule has 5 nitrogen and oxygen atoms in total. The summed E-state index contributed by atoms with van der Waals surface area (Å²) in [4.78, 5) is 7.94. The number of nitrogens with zero attached hydrogens (tertiary/aromatic N) is 2. The summed E-state index contributed by atoms with van der Waals surface area (Å²) >= 11 is 3.33. The van der Waals surface area contributed by atoms with E-state index in [1.165, 1.54) is 19.3 Å². The van der Waals surface area contributed by atoms with Gasteiger partial charge in [-0.15, -0.1) is 0 Å². The van der Waals surface area contributed by atoms with Crippen molar-refractivity contribution in [2.45, 2.75) is 44.4 Å². The highest BCUT2D eigenvalue weighted by atomic mass is 79.9. The van der Waals surface area contributed by atoms with Crippen LogP contribution >= 0.6 is 15.9 Å². The number of aromatic nitrogens is 2. The predicted molar refractivity (Wildman–Crippen MR) is 122 cm³/mol. The number of nitrogens with one attached hydrogen (secondary N) is 2. The molecule has 0 bridgehead atoms. The zero-order valence-corrected chi connectivity index (χ0v) is 18.7. The van der Waals surface area contributed by atoms with Gasteiger partial charge in [0.1, 0.15) is 17.1 Å². The van der Waals surface area contributed by atoms with E-state index in [0.717, 1.165) is 24.8 Å². The lowest BCUT2D eigenvalue weighted by Crippen LogP contribution is -2.19. The minimum absolute atomic E-state index is 0.0495. The Morgan fingerprint density at radius 2 is 1.66 bits per heavy atom. The number of rotatable bonds is 6. The van der Waals surface area contributed by atoms with Crippen LogP contribution in [0.3, 0.4) is 0 Å². The third-order valence-corrected chi connectivity index (χ3v) is 5.88. The predicted octanol–water partition coefficient (Wildman–Crippen LogP) is 7.46. The smallest absolute Gasteiger partial charge is 0.421 e. The van der Waals surface area contributed by atoms with Crippen LogP contribution in [0.2, 0.25) is 0 Å². The Labute approximate surface area is 192 Å². The van der Waals surface area contributed by atoms with Gasteiger partial charge >= 0.3 is 6.18 Å². The maximum absolute atomic E-state index is 13.5. The average Bonchev–Trinajstić information content (AvgIpc) is 2.77. The number of halogens is 4. The molecule has 1 heterocycles. The molecule has 0 unspecified atom stereocenters. The summed E-state index contributed by atoms with van der Waals surface area (Å²) in [5.41, 5.74) is 0.162. The molecule has 1 aliphatic carbocycles. The fourth-order valence-corrected chi connectivity index (χ4v) is 3.94. The van der Waals surface area contributed by atoms with Crippen molar-refractivity contribution >= 4 is 39.1 Å². The average molecular weight is 507 g/mol. The van der Waals surface area contributed by atoms with Gasteiger partial charge in [-0.3, -0.25) is 0 Å². The summed E-state index contributed by atoms with van der Waals surface area (Å²) in [6.07, 6.45) is 2.17. The molecule has 168 valence electrons. The molecule has 0 radical (unpaired) electrons. The SMILES string of the molecule is FC(F)(F)c1cnc(Nc2ccc(OC3CCCCC3)cc2)nc1Nc1ccccc1Br. The molecule has 1 fully saturated rings. The molecule has 0 aliphatic heterocycles. The highest BCUT2D eigenvalue weighted by Gasteiger charge is 2.35. The van der Waals surface area contributed by atoms with Crippen LogP contribution in [0.5, 0.6) is 5.75 Å². The molecular weight excluding hydrogens is 485 g/mol. The second-order valence-electron chi connectivity index (χ2n) is 7.59. The van der Waals surface area contributed by atoms with Crippen molar-refractivity contribution in [3.8, 4) is 5.75 Å². The van der Waals surface area contributed by atoms with E-state index in [2.05, 4.69) is 36.5 Å². The molecule has 3 aromatic rings. The Morgan fingerprint density at radius 1 is 0.938 bits per heavy atom. The Bertz CT molecular complexity index is 1050. The summed E-state index contributed by atoms with van der Waals surface area (Å²) in [5, 5.41) is 5.71. The highest BCUT2D eigenvalue weighted by Crippen LogP contribution is 2.36. The summed E-state index contributed by atoms with van der Waals surface area (Å²) in [6.45, 7) is 0. The van der Waals surface area contributed by atoms with E-state index in [-0.39, 0.29) is 17.9 Å². The number of hydrogen-bond acceptors (Lipinski definition) is 5. The lowest BCUT2D eigenvalue weighted by atomic mass is 9.98. The summed E-state index contributed by atoms with van der Waals surface area (Å²) in [6, 6.07) is 14.1. The van der Waals surface area contributed by atoms with E-state index < -0.39 is 11.7 Å². The van der Waals surface area contributed by atoms with Gasteiger partial charge in [0.25, 0.3) is 0 Å². The maximum Gasteiger partial charge on any atom is 0.421 e. The Hall–Kier alpha value is -2.81. The van der Waals surface area contributed by atoms with Gasteiger partial charge in [0, 0.05) is 16.4 Å². The molecule has 0 atom stereocenters. The first-order chi connectivity index (χ1) is 15.4. The summed E-state index contributed by atoms with van der Waals surface area (Å²) in [5.74, 6) is 0.486. The lowest BCUT2D eigenvalue weighted by molar-refractivity contribution is -0.137. The lowest BCUT2D eigenvalue weighted by Gasteiger charge is -2.23. The molecule has 32 heavy (non-hydrogen) atoms. The quantitative estimate of drug-likeness (QED) is 0.363. The molecule has 2 N–H and O–H groups in total. The first-order valence-electron chi connectivity index (χ1n) is 10.4. The Kier molecular flexibility index (Phi) is 6.83. The normalized spacial score (nSPS) is 14.8. The minimum Gasteiger partial charge on any atom is -0.490 e. The van der Waals surface area contributed by atoms with E-state index in [0.29, 0.717) is 15.8 Å². The topological polar surface area (TPSA) is 59.1 Å². The van der Waals surface area contributed by atoms with E-state index in [9.17, 15) is 13.2 Å². The fourth-order valence-electron chi connectivity index (χ4n) is 3.56. The number of alkyl halides is 3. The Balaban J connectivity index is 1.51. The van der Waals surface area contributed by atoms with Crippen molar-refractivity contribution in [3.63, 3.8) is 0 Å². The summed E-state index contributed by atoms with van der Waals surface area (Å²) < 4.78 is 47.1. The largest absolute Gasteiger partial charge is 0.490 e. The second-order valence-corrected chi connectivity index (χ2v) is 8.44. The highest BCUT2D eigenvalue weighted by molar-refractivity contribution is 9.10. The van der Waals surface area contributed by atoms with Gasteiger partial charge in [-0.05, 0) is 78.0 Å². The van der Waals surface area contributed by atoms with Crippen LogP contribution in [0.1, 0.15) is 37.7 Å². The fraction of sp³-hybridized carbons (Fsp3) is 0.304. The van der Waals surface area contributed by atoms with Gasteiger partial charge in [-0.25, -0.2) is 4.98 Å². The van der Waals surface area contributed by atoms with Crippen LogP contribution in [0, 0.1) is 0 Å². The molecule has 4 rings (SSSR count). The minimum atomic E-state index is -4.60. The number of ether oxygens (including phenoxy) is 1. The zero-order valence-electron chi connectivity index (χ0n) is 17.1. The van der Waals surface area contributed by atoms with Crippen molar-refractivity contribution in [3.05, 3.63) is 64.8 Å². The third-order valence-electron chi connectivity index (χ3n) is 5.19. The second kappa shape index (κ2) is 9.77. The van der Waals surface area contributed by atoms with Crippen molar-refractivity contribution in [2.24, 2.45) is 0 Å². The van der Waals surface area contributed by atoms with Crippen LogP contribution in [0.15, 0.2) is 59.2 Å². The van der Waals surface area contributed by atoms with Crippen molar-refractivity contribution in [2.75, 3.05) is 10.6 Å². The van der Waals surface area contributed by atoms with Gasteiger partial charge in [-0.2, -0.15) is 18.2 Å². The molecular formula is C23H22BrF3N4O. The third kappa shape index (κ3) is 5.70. The first kappa shape index (κ1) is 22.4. The number of para-hydroxylation sites is 1. The van der Waals surface area contributed by atoms with E-state index in [1.54, 1.807) is 36.4 Å². The molecule has 1 saturated carbocycles. The molecule has 1 aliphatic rings. The van der Waals surface area contributed by atoms with Crippen LogP contribution in [-0.4, -0.2) is 16.1 Å². The molecule has 1 aromatic heterocycles. The van der Waals surface area contributed by atoms with Crippen molar-refractivity contribution in [1.82, 2.24) is 9.97 Å². The van der Waals surface area contributed by atoms with Crippen LogP contribution in [0.4, 0.5) is 36.3 Å². The standard InChI is InChI=1S/C23H22BrF3N4O/c24-19-8-4-5-9-20(19)30-21-18(23(25,26)27)14-28-22(31-21)29-15-10-12-17(13-11-15)32-16-6-2-1-3-7-16/h4-5,8-14,16H,1-3,6-7H2,(H2,28,29,30,31). The van der Waals surface area contributed by atoms with E-state index in [1.807, 2.05) is 12.1 Å².